The van der Waals surface area contributed by atoms with Crippen LogP contribution in [0.5, 0.6) is 5.88 Å². The van der Waals surface area contributed by atoms with Crippen LogP contribution in [0.2, 0.25) is 0 Å². The van der Waals surface area contributed by atoms with Gasteiger partial charge in [-0.25, -0.2) is 19.7 Å². The minimum absolute atomic E-state index is 0.0367. The molecule has 1 saturated heterocycles. The fourth-order valence-corrected chi connectivity index (χ4v) is 4.21. The van der Waals surface area contributed by atoms with Gasteiger partial charge >= 0.3 is 11.5 Å². The van der Waals surface area contributed by atoms with Crippen molar-refractivity contribution in [1.29, 1.82) is 0 Å². The standard InChI is InChI=1S/C24H22F3N5O3S/c1-23(2)21(33)32(17-5-7-18(8-6-17)36-24(25,26)27)22(34)31(23)14-15-10-11-28-19(12-15)30-16-4-9-20(35-3)29-13-16/h4-13H,14H2,1-3H3,(H,28,30). The zero-order valence-corrected chi connectivity index (χ0v) is 20.4. The van der Waals surface area contributed by atoms with Gasteiger partial charge < -0.3 is 15.0 Å². The van der Waals surface area contributed by atoms with Crippen LogP contribution in [-0.2, 0) is 11.3 Å². The fraction of sp³-hybridized carbons (Fsp3) is 0.250. The van der Waals surface area contributed by atoms with E-state index in [0.29, 0.717) is 17.4 Å². The Morgan fingerprint density at radius 3 is 2.39 bits per heavy atom. The van der Waals surface area contributed by atoms with E-state index in [1.807, 2.05) is 0 Å². The number of pyridine rings is 2. The van der Waals surface area contributed by atoms with E-state index in [2.05, 4.69) is 15.3 Å². The summed E-state index contributed by atoms with van der Waals surface area (Å²) in [5.74, 6) is 0.519. The molecule has 0 aliphatic carbocycles. The van der Waals surface area contributed by atoms with E-state index in [1.165, 1.54) is 36.3 Å². The van der Waals surface area contributed by atoms with Crippen molar-refractivity contribution in [2.45, 2.75) is 36.3 Å². The number of halogens is 3. The Bertz CT molecular complexity index is 1270. The van der Waals surface area contributed by atoms with Gasteiger partial charge in [0, 0.05) is 23.7 Å². The molecule has 0 atom stereocenters. The average molecular weight is 518 g/mol. The number of aromatic nitrogens is 2. The van der Waals surface area contributed by atoms with Crippen molar-refractivity contribution in [2.24, 2.45) is 0 Å². The van der Waals surface area contributed by atoms with Gasteiger partial charge in [-0.05, 0) is 73.6 Å². The van der Waals surface area contributed by atoms with Crippen molar-refractivity contribution in [3.8, 4) is 5.88 Å². The van der Waals surface area contributed by atoms with Crippen LogP contribution in [0.1, 0.15) is 19.4 Å². The van der Waals surface area contributed by atoms with Crippen molar-refractivity contribution < 1.29 is 27.5 Å². The van der Waals surface area contributed by atoms with Gasteiger partial charge in [0.05, 0.1) is 24.7 Å². The van der Waals surface area contributed by atoms with Gasteiger partial charge in [-0.3, -0.25) is 4.79 Å². The highest BCUT2D eigenvalue weighted by molar-refractivity contribution is 8.00. The Balaban J connectivity index is 1.52. The summed E-state index contributed by atoms with van der Waals surface area (Å²) >= 11 is -0.262. The zero-order chi connectivity index (χ0) is 26.1. The van der Waals surface area contributed by atoms with Gasteiger partial charge in [0.2, 0.25) is 5.88 Å². The van der Waals surface area contributed by atoms with E-state index in [1.54, 1.807) is 50.5 Å². The number of nitrogens with zero attached hydrogens (tertiary/aromatic N) is 4. The molecular weight excluding hydrogens is 495 g/mol. The first-order valence-electron chi connectivity index (χ1n) is 10.7. The van der Waals surface area contributed by atoms with E-state index >= 15 is 0 Å². The van der Waals surface area contributed by atoms with Gasteiger partial charge in [0.25, 0.3) is 5.91 Å². The molecule has 8 nitrogen and oxygen atoms in total. The van der Waals surface area contributed by atoms with Gasteiger partial charge in [0.1, 0.15) is 11.4 Å². The Kier molecular flexibility index (Phi) is 6.81. The second-order valence-electron chi connectivity index (χ2n) is 8.37. The number of alkyl halides is 3. The Morgan fingerprint density at radius 2 is 1.78 bits per heavy atom. The van der Waals surface area contributed by atoms with Crippen molar-refractivity contribution in [3.05, 3.63) is 66.5 Å². The summed E-state index contributed by atoms with van der Waals surface area (Å²) in [4.78, 5) is 37.2. The summed E-state index contributed by atoms with van der Waals surface area (Å²) in [6.45, 7) is 3.38. The molecular formula is C24H22F3N5O3S. The maximum absolute atomic E-state index is 13.3. The molecule has 3 aromatic rings. The Labute approximate surface area is 209 Å². The number of imide groups is 1. The van der Waals surface area contributed by atoms with E-state index in [0.717, 1.165) is 10.5 Å². The number of carbonyl (C=O) groups is 2. The molecule has 3 heterocycles. The summed E-state index contributed by atoms with van der Waals surface area (Å²) in [7, 11) is 1.52. The quantitative estimate of drug-likeness (QED) is 0.323. The monoisotopic (exact) mass is 517 g/mol. The largest absolute Gasteiger partial charge is 0.481 e. The maximum atomic E-state index is 13.3. The van der Waals surface area contributed by atoms with Crippen molar-refractivity contribution >= 4 is 40.9 Å². The van der Waals surface area contributed by atoms with Crippen LogP contribution in [-0.4, -0.2) is 45.0 Å². The number of nitrogens with one attached hydrogen (secondary N) is 1. The molecule has 0 spiro atoms. The molecule has 1 aliphatic heterocycles. The number of hydrogen-bond acceptors (Lipinski definition) is 7. The summed E-state index contributed by atoms with van der Waals surface area (Å²) in [6, 6.07) is 11.5. The van der Waals surface area contributed by atoms with Crippen molar-refractivity contribution in [2.75, 3.05) is 17.3 Å². The minimum Gasteiger partial charge on any atom is -0.481 e. The van der Waals surface area contributed by atoms with Gasteiger partial charge in [0.15, 0.2) is 0 Å². The number of amides is 3. The zero-order valence-electron chi connectivity index (χ0n) is 19.5. The lowest BCUT2D eigenvalue weighted by molar-refractivity contribution is -0.123. The lowest BCUT2D eigenvalue weighted by atomic mass is 10.0. The van der Waals surface area contributed by atoms with Gasteiger partial charge in [-0.1, -0.05) is 0 Å². The molecule has 1 aromatic carbocycles. The SMILES string of the molecule is COc1ccc(Nc2cc(CN3C(=O)N(c4ccc(SC(F)(F)F)cc4)C(=O)C3(C)C)ccn2)cn1. The third-order valence-corrected chi connectivity index (χ3v) is 6.27. The smallest absolute Gasteiger partial charge is 0.446 e. The number of ether oxygens (including phenoxy) is 1. The third-order valence-electron chi connectivity index (χ3n) is 5.53. The summed E-state index contributed by atoms with van der Waals surface area (Å²) < 4.78 is 42.9. The van der Waals surface area contributed by atoms with Crippen LogP contribution in [0.3, 0.4) is 0 Å². The molecule has 1 aliphatic rings. The second kappa shape index (κ2) is 9.69. The normalized spacial score (nSPS) is 15.4. The maximum Gasteiger partial charge on any atom is 0.446 e. The van der Waals surface area contributed by atoms with Crippen LogP contribution < -0.4 is 15.0 Å². The van der Waals surface area contributed by atoms with E-state index in [4.69, 9.17) is 4.74 Å². The number of methoxy groups -OCH3 is 1. The van der Waals surface area contributed by atoms with E-state index in [9.17, 15) is 22.8 Å². The Hall–Kier alpha value is -3.80. The molecule has 1 fully saturated rings. The molecule has 0 radical (unpaired) electrons. The lowest BCUT2D eigenvalue weighted by Gasteiger charge is -2.27. The predicted molar refractivity (Wildman–Crippen MR) is 129 cm³/mol. The molecule has 2 aromatic heterocycles. The number of carbonyl (C=O) groups excluding carboxylic acids is 2. The summed E-state index contributed by atoms with van der Waals surface area (Å²) in [6.07, 6.45) is 3.17. The average Bonchev–Trinajstić information content (AvgIpc) is 2.99. The van der Waals surface area contributed by atoms with Crippen LogP contribution >= 0.6 is 11.8 Å². The van der Waals surface area contributed by atoms with Crippen molar-refractivity contribution in [1.82, 2.24) is 14.9 Å². The van der Waals surface area contributed by atoms with Crippen molar-refractivity contribution in [3.63, 3.8) is 0 Å². The fourth-order valence-electron chi connectivity index (χ4n) is 3.67. The first kappa shape index (κ1) is 25.3. The predicted octanol–water partition coefficient (Wildman–Crippen LogP) is 5.59. The molecule has 1 N–H and O–H groups in total. The minimum atomic E-state index is -4.43. The summed E-state index contributed by atoms with van der Waals surface area (Å²) in [5.41, 5.74) is -3.99. The molecule has 12 heteroatoms. The van der Waals surface area contributed by atoms with Crippen LogP contribution in [0.15, 0.2) is 65.8 Å². The van der Waals surface area contributed by atoms with Gasteiger partial charge in [-0.2, -0.15) is 13.2 Å². The molecule has 3 amide bonds. The number of hydrogen-bond donors (Lipinski definition) is 1. The number of benzene rings is 1. The highest BCUT2D eigenvalue weighted by Crippen LogP contribution is 2.39. The Morgan fingerprint density at radius 1 is 1.06 bits per heavy atom. The lowest BCUT2D eigenvalue weighted by Crippen LogP contribution is -2.43. The topological polar surface area (TPSA) is 87.7 Å². The summed E-state index contributed by atoms with van der Waals surface area (Å²) in [5, 5.41) is 3.13. The molecule has 36 heavy (non-hydrogen) atoms. The molecule has 4 rings (SSSR count). The van der Waals surface area contributed by atoms with E-state index < -0.39 is 23.0 Å². The number of rotatable bonds is 7. The first-order valence-corrected chi connectivity index (χ1v) is 11.5. The van der Waals surface area contributed by atoms with Gasteiger partial charge in [-0.15, -0.1) is 0 Å². The molecule has 0 bridgehead atoms. The van der Waals surface area contributed by atoms with Crippen LogP contribution in [0.25, 0.3) is 0 Å². The number of anilines is 3. The van der Waals surface area contributed by atoms with E-state index in [-0.39, 0.29) is 28.9 Å². The first-order chi connectivity index (χ1) is 17.0. The number of urea groups is 1. The second-order valence-corrected chi connectivity index (χ2v) is 9.51. The van der Waals surface area contributed by atoms with Crippen LogP contribution in [0.4, 0.5) is 35.2 Å². The highest BCUT2D eigenvalue weighted by atomic mass is 32.2. The molecule has 188 valence electrons. The highest BCUT2D eigenvalue weighted by Gasteiger charge is 2.51. The molecule has 0 saturated carbocycles. The van der Waals surface area contributed by atoms with Crippen LogP contribution in [0, 0.1) is 0 Å². The third kappa shape index (κ3) is 5.38. The number of thioether (sulfide) groups is 1. The molecule has 0 unspecified atom stereocenters.